The van der Waals surface area contributed by atoms with Crippen LogP contribution in [0.25, 0.3) is 0 Å². The number of hydrogen-bond donors (Lipinski definition) is 1. The Morgan fingerprint density at radius 2 is 1.76 bits per heavy atom. The zero-order valence-electron chi connectivity index (χ0n) is 13.2. The molecule has 2 aromatic carbocycles. The van der Waals surface area contributed by atoms with Gasteiger partial charge in [0.15, 0.2) is 0 Å². The number of hydrogen-bond acceptors (Lipinski definition) is 1. The van der Waals surface area contributed by atoms with E-state index in [0.717, 1.165) is 5.56 Å². The van der Waals surface area contributed by atoms with E-state index in [-0.39, 0.29) is 11.9 Å². The maximum atomic E-state index is 12.2. The van der Waals surface area contributed by atoms with Gasteiger partial charge in [-0.15, -0.1) is 0 Å². The third kappa shape index (κ3) is 3.94. The van der Waals surface area contributed by atoms with Gasteiger partial charge in [-0.1, -0.05) is 48.0 Å². The Morgan fingerprint density at radius 3 is 2.43 bits per heavy atom. The van der Waals surface area contributed by atoms with Gasteiger partial charge in [0.25, 0.3) is 0 Å². The summed E-state index contributed by atoms with van der Waals surface area (Å²) in [6.07, 6.45) is 0.433. The highest BCUT2D eigenvalue weighted by molar-refractivity contribution is 5.79. The van der Waals surface area contributed by atoms with Gasteiger partial charge in [-0.25, -0.2) is 0 Å². The average molecular weight is 281 g/mol. The molecule has 1 unspecified atom stereocenters. The summed E-state index contributed by atoms with van der Waals surface area (Å²) in [4.78, 5) is 12.2. The minimum atomic E-state index is 0.0319. The molecule has 2 heteroatoms. The summed E-state index contributed by atoms with van der Waals surface area (Å²) in [6, 6.07) is 14.4. The lowest BCUT2D eigenvalue weighted by molar-refractivity contribution is -0.121. The van der Waals surface area contributed by atoms with Gasteiger partial charge in [-0.3, -0.25) is 4.79 Å². The van der Waals surface area contributed by atoms with Crippen molar-refractivity contribution in [3.63, 3.8) is 0 Å². The predicted molar refractivity (Wildman–Crippen MR) is 87.4 cm³/mol. The fourth-order valence-electron chi connectivity index (χ4n) is 2.66. The van der Waals surface area contributed by atoms with Crippen molar-refractivity contribution < 1.29 is 4.79 Å². The molecule has 1 amide bonds. The van der Waals surface area contributed by atoms with E-state index in [1.165, 1.54) is 22.3 Å². The van der Waals surface area contributed by atoms with Crippen molar-refractivity contribution in [2.24, 2.45) is 0 Å². The molecule has 0 aliphatic heterocycles. The largest absolute Gasteiger partial charge is 0.349 e. The summed E-state index contributed by atoms with van der Waals surface area (Å²) in [5.74, 6) is 0.0673. The van der Waals surface area contributed by atoms with Gasteiger partial charge in [0.1, 0.15) is 0 Å². The molecule has 0 fully saturated rings. The Balaban J connectivity index is 2.03. The lowest BCUT2D eigenvalue weighted by atomic mass is 10.0. The first-order valence-corrected chi connectivity index (χ1v) is 7.38. The summed E-state index contributed by atoms with van der Waals surface area (Å²) < 4.78 is 0. The molecule has 21 heavy (non-hydrogen) atoms. The van der Waals surface area contributed by atoms with Crippen LogP contribution in [0.4, 0.5) is 0 Å². The van der Waals surface area contributed by atoms with Gasteiger partial charge in [-0.2, -0.15) is 0 Å². The van der Waals surface area contributed by atoms with Crippen LogP contribution in [0.3, 0.4) is 0 Å². The molecule has 0 heterocycles. The Bertz CT molecular complexity index is 646. The van der Waals surface area contributed by atoms with Crippen molar-refractivity contribution in [1.82, 2.24) is 5.32 Å². The number of carbonyl (C=O) groups is 1. The topological polar surface area (TPSA) is 29.1 Å². The number of nitrogens with one attached hydrogen (secondary N) is 1. The van der Waals surface area contributed by atoms with E-state index in [1.807, 2.05) is 25.1 Å². The summed E-state index contributed by atoms with van der Waals surface area (Å²) in [6.45, 7) is 8.22. The van der Waals surface area contributed by atoms with E-state index in [1.54, 1.807) is 0 Å². The number of carbonyl (C=O) groups excluding carboxylic acids is 1. The molecule has 0 saturated carbocycles. The Kier molecular flexibility index (Phi) is 4.79. The molecular weight excluding hydrogens is 258 g/mol. The number of aryl methyl sites for hydroxylation is 3. The molecule has 2 nitrogen and oxygen atoms in total. The van der Waals surface area contributed by atoms with Crippen molar-refractivity contribution in [1.29, 1.82) is 0 Å². The Hall–Kier alpha value is -2.09. The highest BCUT2D eigenvalue weighted by Gasteiger charge is 2.12. The molecule has 0 bridgehead atoms. The van der Waals surface area contributed by atoms with Crippen molar-refractivity contribution in [3.8, 4) is 0 Å². The highest BCUT2D eigenvalue weighted by Crippen LogP contribution is 2.17. The van der Waals surface area contributed by atoms with Gasteiger partial charge in [0, 0.05) is 0 Å². The number of amides is 1. The molecule has 0 aromatic heterocycles. The van der Waals surface area contributed by atoms with Crippen LogP contribution in [0, 0.1) is 20.8 Å². The van der Waals surface area contributed by atoms with Gasteiger partial charge in [-0.05, 0) is 49.9 Å². The van der Waals surface area contributed by atoms with Gasteiger partial charge in [0.05, 0.1) is 12.5 Å². The maximum Gasteiger partial charge on any atom is 0.224 e. The second-order valence-electron chi connectivity index (χ2n) is 5.75. The minimum absolute atomic E-state index is 0.0319. The van der Waals surface area contributed by atoms with Crippen molar-refractivity contribution in [2.45, 2.75) is 40.2 Å². The van der Waals surface area contributed by atoms with Crippen molar-refractivity contribution in [3.05, 3.63) is 70.3 Å². The quantitative estimate of drug-likeness (QED) is 0.900. The second-order valence-corrected chi connectivity index (χ2v) is 5.75. The summed E-state index contributed by atoms with van der Waals surface area (Å²) in [7, 11) is 0. The van der Waals surface area contributed by atoms with Gasteiger partial charge in [0.2, 0.25) is 5.91 Å². The zero-order valence-corrected chi connectivity index (χ0v) is 13.2. The fourth-order valence-corrected chi connectivity index (χ4v) is 2.66. The minimum Gasteiger partial charge on any atom is -0.349 e. The van der Waals surface area contributed by atoms with E-state index in [2.05, 4.69) is 50.4 Å². The van der Waals surface area contributed by atoms with Crippen LogP contribution in [0.15, 0.2) is 42.5 Å². The zero-order chi connectivity index (χ0) is 15.4. The van der Waals surface area contributed by atoms with E-state index >= 15 is 0 Å². The Morgan fingerprint density at radius 1 is 1.05 bits per heavy atom. The third-order valence-corrected chi connectivity index (χ3v) is 3.88. The lowest BCUT2D eigenvalue weighted by Crippen LogP contribution is -2.28. The first-order valence-electron chi connectivity index (χ1n) is 7.38. The molecule has 2 aromatic rings. The average Bonchev–Trinajstić information content (AvgIpc) is 2.42. The number of benzene rings is 2. The van der Waals surface area contributed by atoms with Crippen LogP contribution in [0.5, 0.6) is 0 Å². The summed E-state index contributed by atoms with van der Waals surface area (Å²) in [5.41, 5.74) is 5.87. The van der Waals surface area contributed by atoms with Crippen LogP contribution in [0.1, 0.15) is 40.8 Å². The first kappa shape index (κ1) is 15.3. The molecule has 0 saturated heterocycles. The second kappa shape index (κ2) is 6.57. The standard InChI is InChI=1S/C19H23NO/c1-13-9-10-17(15(3)11-13)12-19(21)20-16(4)18-8-6-5-7-14(18)2/h5-11,16H,12H2,1-4H3,(H,20,21). The normalized spacial score (nSPS) is 12.0. The maximum absolute atomic E-state index is 12.2. The molecule has 0 spiro atoms. The third-order valence-electron chi connectivity index (χ3n) is 3.88. The van der Waals surface area contributed by atoms with Crippen LogP contribution < -0.4 is 5.32 Å². The molecule has 0 radical (unpaired) electrons. The molecule has 110 valence electrons. The smallest absolute Gasteiger partial charge is 0.224 e. The van der Waals surface area contributed by atoms with E-state index < -0.39 is 0 Å². The molecule has 2 rings (SSSR count). The summed E-state index contributed by atoms with van der Waals surface area (Å²) in [5, 5.41) is 3.09. The first-order chi connectivity index (χ1) is 9.97. The van der Waals surface area contributed by atoms with Gasteiger partial charge >= 0.3 is 0 Å². The fraction of sp³-hybridized carbons (Fsp3) is 0.316. The van der Waals surface area contributed by atoms with Gasteiger partial charge < -0.3 is 5.32 Å². The van der Waals surface area contributed by atoms with E-state index in [9.17, 15) is 4.79 Å². The van der Waals surface area contributed by atoms with Crippen molar-refractivity contribution in [2.75, 3.05) is 0 Å². The monoisotopic (exact) mass is 281 g/mol. The Labute approximate surface area is 127 Å². The summed E-state index contributed by atoms with van der Waals surface area (Å²) >= 11 is 0. The van der Waals surface area contributed by atoms with Crippen molar-refractivity contribution >= 4 is 5.91 Å². The molecule has 1 atom stereocenters. The van der Waals surface area contributed by atoms with Crippen LogP contribution in [0.2, 0.25) is 0 Å². The SMILES string of the molecule is Cc1ccc(CC(=O)NC(C)c2ccccc2C)c(C)c1. The highest BCUT2D eigenvalue weighted by atomic mass is 16.1. The van der Waals surface area contributed by atoms with E-state index in [4.69, 9.17) is 0 Å². The van der Waals surface area contributed by atoms with Crippen LogP contribution in [-0.2, 0) is 11.2 Å². The van der Waals surface area contributed by atoms with E-state index in [0.29, 0.717) is 6.42 Å². The molecule has 0 aliphatic carbocycles. The molecule has 1 N–H and O–H groups in total. The van der Waals surface area contributed by atoms with Crippen LogP contribution >= 0.6 is 0 Å². The molecular formula is C19H23NO. The predicted octanol–water partition coefficient (Wildman–Crippen LogP) is 4.03. The molecule has 0 aliphatic rings. The van der Waals surface area contributed by atoms with Crippen LogP contribution in [-0.4, -0.2) is 5.91 Å². The number of rotatable bonds is 4. The lowest BCUT2D eigenvalue weighted by Gasteiger charge is -2.17.